The number of aliphatic carboxylic acids is 1. The lowest BCUT2D eigenvalue weighted by atomic mass is 10.2. The van der Waals surface area contributed by atoms with Crippen LogP contribution in [0.1, 0.15) is 12.8 Å². The molecule has 2 atom stereocenters. The van der Waals surface area contributed by atoms with Crippen LogP contribution in [0.2, 0.25) is 0 Å². The molecule has 0 aromatic carbocycles. The minimum Gasteiger partial charge on any atom is -0.480 e. The van der Waals surface area contributed by atoms with Gasteiger partial charge in [0, 0.05) is 19.4 Å². The van der Waals surface area contributed by atoms with Crippen LogP contribution in [0.25, 0.3) is 0 Å². The van der Waals surface area contributed by atoms with Crippen LogP contribution in [0.4, 0.5) is 4.79 Å². The van der Waals surface area contributed by atoms with Crippen molar-refractivity contribution in [2.45, 2.75) is 24.9 Å². The molecule has 0 radical (unpaired) electrons. The molecule has 0 aromatic heterocycles. The third kappa shape index (κ3) is 4.03. The summed E-state index contributed by atoms with van der Waals surface area (Å²) in [5, 5.41) is 16.0. The fourth-order valence-electron chi connectivity index (χ4n) is 1.41. The van der Waals surface area contributed by atoms with E-state index in [1.807, 2.05) is 0 Å². The number of hydrogen-bond donors (Lipinski definition) is 4. The van der Waals surface area contributed by atoms with E-state index in [0.29, 0.717) is 6.54 Å². The van der Waals surface area contributed by atoms with Crippen LogP contribution in [0.15, 0.2) is 0 Å². The Balaban J connectivity index is 2.40. The lowest BCUT2D eigenvalue weighted by Gasteiger charge is -2.15. The van der Waals surface area contributed by atoms with Crippen molar-refractivity contribution in [2.75, 3.05) is 6.54 Å². The van der Waals surface area contributed by atoms with Crippen LogP contribution in [-0.2, 0) is 9.59 Å². The highest BCUT2D eigenvalue weighted by Crippen LogP contribution is 1.99. The van der Waals surface area contributed by atoms with E-state index >= 15 is 0 Å². The van der Waals surface area contributed by atoms with Crippen molar-refractivity contribution in [2.24, 2.45) is 0 Å². The molecule has 0 spiro atoms. The molecule has 1 saturated heterocycles. The minimum absolute atomic E-state index is 0.0927. The molecule has 1 heterocycles. The summed E-state index contributed by atoms with van der Waals surface area (Å²) in [4.78, 5) is 33.0. The van der Waals surface area contributed by atoms with Crippen molar-refractivity contribution in [1.29, 1.82) is 0 Å². The van der Waals surface area contributed by atoms with E-state index in [0.717, 1.165) is 0 Å². The summed E-state index contributed by atoms with van der Waals surface area (Å²) in [6, 6.07) is -2.08. The number of hydrogen-bond acceptors (Lipinski definition) is 3. The van der Waals surface area contributed by atoms with E-state index in [9.17, 15) is 14.4 Å². The van der Waals surface area contributed by atoms with E-state index in [2.05, 4.69) is 21.9 Å². The molecule has 1 aliphatic heterocycles. The maximum absolute atomic E-state index is 11.4. The number of carbonyl (C=O) groups excluding carboxylic acids is 2. The largest absolute Gasteiger partial charge is 0.480 e. The van der Waals surface area contributed by atoms with Crippen molar-refractivity contribution in [3.05, 3.63) is 0 Å². The van der Waals surface area contributed by atoms with Gasteiger partial charge in [0.1, 0.15) is 6.04 Å². The summed E-state index contributed by atoms with van der Waals surface area (Å²) in [5.74, 6) is 0.825. The molecule has 0 aliphatic carbocycles. The molecule has 2 unspecified atom stereocenters. The molecule has 1 aliphatic rings. The first-order valence-electron chi connectivity index (χ1n) is 5.03. The maximum atomic E-state index is 11.4. The lowest BCUT2D eigenvalue weighted by molar-refractivity contribution is -0.139. The van der Waals surface area contributed by atoms with Gasteiger partial charge in [0.15, 0.2) is 0 Å². The zero-order chi connectivity index (χ0) is 12.8. The first-order valence-corrected chi connectivity index (χ1v) is 5.03. The van der Waals surface area contributed by atoms with Crippen LogP contribution < -0.4 is 16.0 Å². The predicted octanol–water partition coefficient (Wildman–Crippen LogP) is -1.35. The molecular formula is C10H13N3O4. The summed E-state index contributed by atoms with van der Waals surface area (Å²) < 4.78 is 0. The molecule has 0 saturated carbocycles. The van der Waals surface area contributed by atoms with Crippen LogP contribution in [0.5, 0.6) is 0 Å². The topological polar surface area (TPSA) is 108 Å². The van der Waals surface area contributed by atoms with E-state index in [1.165, 1.54) is 0 Å². The third-order valence-electron chi connectivity index (χ3n) is 2.24. The number of terminal acetylenes is 1. The number of urea groups is 1. The van der Waals surface area contributed by atoms with Gasteiger partial charge in [-0.2, -0.15) is 0 Å². The molecule has 17 heavy (non-hydrogen) atoms. The quantitative estimate of drug-likeness (QED) is 0.455. The highest BCUT2D eigenvalue weighted by atomic mass is 16.4. The highest BCUT2D eigenvalue weighted by Gasteiger charge is 2.25. The Labute approximate surface area is 97.9 Å². The summed E-state index contributed by atoms with van der Waals surface area (Å²) in [7, 11) is 0. The Morgan fingerprint density at radius 3 is 2.82 bits per heavy atom. The van der Waals surface area contributed by atoms with E-state index in [1.54, 1.807) is 0 Å². The molecule has 1 fully saturated rings. The van der Waals surface area contributed by atoms with Gasteiger partial charge >= 0.3 is 12.0 Å². The number of amides is 3. The van der Waals surface area contributed by atoms with Gasteiger partial charge in [-0.3, -0.25) is 4.79 Å². The van der Waals surface area contributed by atoms with Gasteiger partial charge in [-0.05, 0) is 0 Å². The monoisotopic (exact) mass is 239 g/mol. The fraction of sp³-hybridized carbons (Fsp3) is 0.500. The summed E-state index contributed by atoms with van der Waals surface area (Å²) in [6.45, 7) is 0.346. The molecule has 4 N–H and O–H groups in total. The van der Waals surface area contributed by atoms with Gasteiger partial charge in [-0.15, -0.1) is 12.3 Å². The van der Waals surface area contributed by atoms with Crippen molar-refractivity contribution in [3.63, 3.8) is 0 Å². The lowest BCUT2D eigenvalue weighted by Crippen LogP contribution is -2.49. The van der Waals surface area contributed by atoms with E-state index in [-0.39, 0.29) is 24.8 Å². The van der Waals surface area contributed by atoms with Crippen molar-refractivity contribution in [3.8, 4) is 12.3 Å². The molecule has 0 bridgehead atoms. The average Bonchev–Trinajstić information content (AvgIpc) is 2.63. The first-order chi connectivity index (χ1) is 8.02. The molecule has 1 rings (SSSR count). The van der Waals surface area contributed by atoms with Crippen LogP contribution in [0.3, 0.4) is 0 Å². The molecule has 3 amide bonds. The fourth-order valence-corrected chi connectivity index (χ4v) is 1.41. The van der Waals surface area contributed by atoms with Gasteiger partial charge in [0.25, 0.3) is 0 Å². The molecule has 0 aromatic rings. The van der Waals surface area contributed by atoms with E-state index in [4.69, 9.17) is 11.5 Å². The van der Waals surface area contributed by atoms with E-state index < -0.39 is 18.0 Å². The zero-order valence-electron chi connectivity index (χ0n) is 9.03. The molecule has 92 valence electrons. The number of rotatable bonds is 4. The predicted molar refractivity (Wildman–Crippen MR) is 58.0 cm³/mol. The van der Waals surface area contributed by atoms with Gasteiger partial charge in [0.2, 0.25) is 5.91 Å². The SMILES string of the molecule is C#CCC(NC(=O)NC1CNC(=O)C1)C(=O)O. The number of carboxylic acid groups (broad SMARTS) is 1. The van der Waals surface area contributed by atoms with Crippen molar-refractivity contribution >= 4 is 17.9 Å². The Kier molecular flexibility index (Phi) is 4.34. The maximum Gasteiger partial charge on any atom is 0.327 e. The smallest absolute Gasteiger partial charge is 0.327 e. The molecule has 7 nitrogen and oxygen atoms in total. The highest BCUT2D eigenvalue weighted by molar-refractivity contribution is 5.84. The summed E-state index contributed by atoms with van der Waals surface area (Å²) >= 11 is 0. The minimum atomic E-state index is -1.20. The molecule has 7 heteroatoms. The number of carboxylic acids is 1. The van der Waals surface area contributed by atoms with Gasteiger partial charge in [0.05, 0.1) is 6.04 Å². The molecular weight excluding hydrogens is 226 g/mol. The van der Waals surface area contributed by atoms with Crippen LogP contribution in [-0.4, -0.2) is 41.6 Å². The standard InChI is InChI=1S/C10H13N3O4/c1-2-3-7(9(15)16)13-10(17)12-6-4-8(14)11-5-6/h1,6-7H,3-5H2,(H,11,14)(H,15,16)(H2,12,13,17). The van der Waals surface area contributed by atoms with Gasteiger partial charge in [-0.25, -0.2) is 9.59 Å². The Morgan fingerprint density at radius 1 is 1.65 bits per heavy atom. The van der Waals surface area contributed by atoms with Gasteiger partial charge in [-0.1, -0.05) is 0 Å². The summed E-state index contributed by atoms with van der Waals surface area (Å²) in [6.07, 6.45) is 5.09. The van der Waals surface area contributed by atoms with Gasteiger partial charge < -0.3 is 21.1 Å². The first kappa shape index (κ1) is 12.8. The van der Waals surface area contributed by atoms with Crippen LogP contribution in [0, 0.1) is 12.3 Å². The number of nitrogens with one attached hydrogen (secondary N) is 3. The second kappa shape index (κ2) is 5.75. The van der Waals surface area contributed by atoms with Crippen molar-refractivity contribution < 1.29 is 19.5 Å². The number of carbonyl (C=O) groups is 3. The Hall–Kier alpha value is -2.23. The Morgan fingerprint density at radius 2 is 2.35 bits per heavy atom. The van der Waals surface area contributed by atoms with Crippen molar-refractivity contribution in [1.82, 2.24) is 16.0 Å². The second-order valence-electron chi connectivity index (χ2n) is 3.62. The normalized spacial score (nSPS) is 19.9. The summed E-state index contributed by atoms with van der Waals surface area (Å²) in [5.41, 5.74) is 0. The average molecular weight is 239 g/mol. The Bertz CT molecular complexity index is 374. The zero-order valence-corrected chi connectivity index (χ0v) is 9.03. The third-order valence-corrected chi connectivity index (χ3v) is 2.24. The second-order valence-corrected chi connectivity index (χ2v) is 3.62. The van der Waals surface area contributed by atoms with Crippen LogP contribution >= 0.6 is 0 Å².